The van der Waals surface area contributed by atoms with Gasteiger partial charge in [0.25, 0.3) is 0 Å². The van der Waals surface area contributed by atoms with Crippen LogP contribution < -0.4 is 15.6 Å². The zero-order valence-corrected chi connectivity index (χ0v) is 11.3. The molecule has 0 aliphatic heterocycles. The molecular formula is C15H14FN2O3+. The van der Waals surface area contributed by atoms with Crippen molar-refractivity contribution in [3.8, 4) is 5.75 Å². The minimum Gasteiger partial charge on any atom is -0.497 e. The molecular weight excluding hydrogens is 275 g/mol. The van der Waals surface area contributed by atoms with Crippen molar-refractivity contribution in [2.45, 2.75) is 0 Å². The standard InChI is InChI=1S/C15H13FN2O3/c1-20-11-8-6-10(7-9-11)14(17)18-21-15(19)12-4-2-3-5-13(12)16/h2-9H,1H3,(H2,17,18)/p+1. The van der Waals surface area contributed by atoms with Crippen molar-refractivity contribution in [3.63, 3.8) is 0 Å². The fraction of sp³-hybridized carbons (Fsp3) is 0.0667. The van der Waals surface area contributed by atoms with E-state index < -0.39 is 11.8 Å². The van der Waals surface area contributed by atoms with Gasteiger partial charge in [-0.3, -0.25) is 10.6 Å². The van der Waals surface area contributed by atoms with Crippen LogP contribution in [-0.2, 0) is 4.84 Å². The molecule has 0 aliphatic rings. The molecule has 3 N–H and O–H groups in total. The number of amidine groups is 1. The van der Waals surface area contributed by atoms with Crippen LogP contribution in [0.15, 0.2) is 48.5 Å². The molecule has 0 heterocycles. The molecule has 0 spiro atoms. The molecule has 2 aromatic carbocycles. The number of carbonyl (C=O) groups excluding carboxylic acids is 1. The molecule has 0 atom stereocenters. The van der Waals surface area contributed by atoms with Gasteiger partial charge in [0.1, 0.15) is 17.1 Å². The van der Waals surface area contributed by atoms with Gasteiger partial charge in [-0.25, -0.2) is 9.18 Å². The number of benzene rings is 2. The Kier molecular flexibility index (Phi) is 4.50. The average Bonchev–Trinajstić information content (AvgIpc) is 2.52. The van der Waals surface area contributed by atoms with Crippen LogP contribution in [0.2, 0.25) is 0 Å². The summed E-state index contributed by atoms with van der Waals surface area (Å²) in [5, 5.41) is 2.30. The quantitative estimate of drug-likeness (QED) is 0.369. The lowest BCUT2D eigenvalue weighted by molar-refractivity contribution is -0.721. The summed E-state index contributed by atoms with van der Waals surface area (Å²) in [5.41, 5.74) is 6.18. The Morgan fingerprint density at radius 3 is 2.43 bits per heavy atom. The largest absolute Gasteiger partial charge is 0.497 e. The Hall–Kier alpha value is -2.89. The molecule has 5 nitrogen and oxygen atoms in total. The lowest BCUT2D eigenvalue weighted by Crippen LogP contribution is -2.75. The van der Waals surface area contributed by atoms with Gasteiger partial charge in [0, 0.05) is 0 Å². The highest BCUT2D eigenvalue weighted by molar-refractivity contribution is 5.93. The summed E-state index contributed by atoms with van der Waals surface area (Å²) in [4.78, 5) is 16.4. The molecule has 0 amide bonds. The fourth-order valence-corrected chi connectivity index (χ4v) is 1.61. The molecule has 0 aromatic heterocycles. The first-order valence-corrected chi connectivity index (χ1v) is 6.10. The van der Waals surface area contributed by atoms with Crippen molar-refractivity contribution in [1.82, 2.24) is 0 Å². The highest BCUT2D eigenvalue weighted by Gasteiger charge is 2.14. The van der Waals surface area contributed by atoms with E-state index in [0.717, 1.165) is 0 Å². The first-order valence-electron chi connectivity index (χ1n) is 6.10. The molecule has 108 valence electrons. The normalized spacial score (nSPS) is 11.0. The van der Waals surface area contributed by atoms with Crippen molar-refractivity contribution in [3.05, 3.63) is 65.5 Å². The molecule has 2 aromatic rings. The summed E-state index contributed by atoms with van der Waals surface area (Å²) < 4.78 is 18.4. The predicted molar refractivity (Wildman–Crippen MR) is 74.1 cm³/mol. The molecule has 21 heavy (non-hydrogen) atoms. The Labute approximate surface area is 120 Å². The maximum absolute atomic E-state index is 13.4. The van der Waals surface area contributed by atoms with Gasteiger partial charge in [-0.05, 0) is 36.4 Å². The van der Waals surface area contributed by atoms with Gasteiger partial charge >= 0.3 is 11.8 Å². The van der Waals surface area contributed by atoms with E-state index in [-0.39, 0.29) is 11.4 Å². The number of carbonyl (C=O) groups is 1. The van der Waals surface area contributed by atoms with Crippen LogP contribution in [0.1, 0.15) is 15.9 Å². The number of rotatable bonds is 4. The molecule has 0 saturated carbocycles. The first kappa shape index (κ1) is 14.5. The third-order valence-corrected chi connectivity index (χ3v) is 2.75. The summed E-state index contributed by atoms with van der Waals surface area (Å²) >= 11 is 0. The Balaban J connectivity index is 2.09. The van der Waals surface area contributed by atoms with Gasteiger partial charge in [0.2, 0.25) is 0 Å². The van der Waals surface area contributed by atoms with Crippen LogP contribution in [0, 0.1) is 5.82 Å². The van der Waals surface area contributed by atoms with E-state index in [0.29, 0.717) is 11.3 Å². The highest BCUT2D eigenvalue weighted by Crippen LogP contribution is 2.10. The lowest BCUT2D eigenvalue weighted by atomic mass is 10.2. The van der Waals surface area contributed by atoms with E-state index in [2.05, 4.69) is 5.16 Å². The monoisotopic (exact) mass is 289 g/mol. The SMILES string of the molecule is COc1ccc(C(N)=[NH+]OC(=O)c2ccccc2F)cc1. The fourth-order valence-electron chi connectivity index (χ4n) is 1.61. The van der Waals surface area contributed by atoms with Crippen LogP contribution in [0.5, 0.6) is 5.75 Å². The van der Waals surface area contributed by atoms with Crippen LogP contribution in [0.3, 0.4) is 0 Å². The van der Waals surface area contributed by atoms with Gasteiger partial charge in [-0.2, -0.15) is 0 Å². The number of halogens is 1. The van der Waals surface area contributed by atoms with Crippen molar-refractivity contribution < 1.29 is 23.9 Å². The molecule has 0 saturated heterocycles. The van der Waals surface area contributed by atoms with Crippen molar-refractivity contribution >= 4 is 11.8 Å². The van der Waals surface area contributed by atoms with Crippen LogP contribution in [-0.4, -0.2) is 18.9 Å². The van der Waals surface area contributed by atoms with E-state index in [1.807, 2.05) is 0 Å². The topological polar surface area (TPSA) is 75.5 Å². The number of nitrogens with one attached hydrogen (secondary N) is 1. The summed E-state index contributed by atoms with van der Waals surface area (Å²) in [6.07, 6.45) is 0. The molecule has 6 heteroatoms. The summed E-state index contributed by atoms with van der Waals surface area (Å²) in [7, 11) is 1.55. The van der Waals surface area contributed by atoms with Gasteiger partial charge < -0.3 is 4.74 Å². The smallest absolute Gasteiger partial charge is 0.390 e. The minimum absolute atomic E-state index is 0.127. The Morgan fingerprint density at radius 2 is 1.81 bits per heavy atom. The van der Waals surface area contributed by atoms with E-state index in [9.17, 15) is 9.18 Å². The zero-order chi connectivity index (χ0) is 15.2. The maximum Gasteiger partial charge on any atom is 0.390 e. The van der Waals surface area contributed by atoms with Crippen molar-refractivity contribution in [1.29, 1.82) is 0 Å². The van der Waals surface area contributed by atoms with Crippen molar-refractivity contribution in [2.24, 2.45) is 5.73 Å². The number of nitrogen functional groups attached to an aromatic ring is 1. The van der Waals surface area contributed by atoms with Gasteiger partial charge in [-0.1, -0.05) is 17.3 Å². The van der Waals surface area contributed by atoms with Gasteiger partial charge in [0.15, 0.2) is 0 Å². The highest BCUT2D eigenvalue weighted by atomic mass is 19.1. The van der Waals surface area contributed by atoms with Crippen molar-refractivity contribution in [2.75, 3.05) is 7.11 Å². The lowest BCUT2D eigenvalue weighted by Gasteiger charge is -2.00. The summed E-state index contributed by atoms with van der Waals surface area (Å²) in [6, 6.07) is 12.3. The third kappa shape index (κ3) is 3.56. The van der Waals surface area contributed by atoms with E-state index in [4.69, 9.17) is 15.3 Å². The zero-order valence-electron chi connectivity index (χ0n) is 11.3. The van der Waals surface area contributed by atoms with Crippen LogP contribution in [0.25, 0.3) is 0 Å². The molecule has 0 unspecified atom stereocenters. The number of hydrogen-bond acceptors (Lipinski definition) is 3. The second-order valence-electron chi connectivity index (χ2n) is 4.11. The van der Waals surface area contributed by atoms with Gasteiger partial charge in [-0.15, -0.1) is 0 Å². The molecule has 0 radical (unpaired) electrons. The average molecular weight is 289 g/mol. The van der Waals surface area contributed by atoms with E-state index in [1.165, 1.54) is 24.3 Å². The first-order chi connectivity index (χ1) is 10.1. The molecule has 0 aliphatic carbocycles. The minimum atomic E-state index is -0.857. The molecule has 0 bridgehead atoms. The third-order valence-electron chi connectivity index (χ3n) is 2.75. The maximum atomic E-state index is 13.4. The second-order valence-corrected chi connectivity index (χ2v) is 4.11. The Bertz CT molecular complexity index is 669. The van der Waals surface area contributed by atoms with Crippen LogP contribution >= 0.6 is 0 Å². The molecule has 0 fully saturated rings. The summed E-state index contributed by atoms with van der Waals surface area (Å²) in [6.45, 7) is 0. The Morgan fingerprint density at radius 1 is 1.14 bits per heavy atom. The van der Waals surface area contributed by atoms with Gasteiger partial charge in [0.05, 0.1) is 12.7 Å². The second kappa shape index (κ2) is 6.51. The van der Waals surface area contributed by atoms with E-state index >= 15 is 0 Å². The number of nitrogens with two attached hydrogens (primary N) is 1. The number of ether oxygens (including phenoxy) is 1. The summed E-state index contributed by atoms with van der Waals surface area (Å²) in [5.74, 6) is -0.714. The van der Waals surface area contributed by atoms with E-state index in [1.54, 1.807) is 31.4 Å². The molecule has 2 rings (SSSR count). The number of methoxy groups -OCH3 is 1. The number of hydrogen-bond donors (Lipinski definition) is 2. The van der Waals surface area contributed by atoms with Crippen LogP contribution in [0.4, 0.5) is 4.39 Å². The predicted octanol–water partition coefficient (Wildman–Crippen LogP) is 0.392.